The quantitative estimate of drug-likeness (QED) is 0.160. The normalized spacial score (nSPS) is 12.8. The minimum absolute atomic E-state index is 0.0247. The van der Waals surface area contributed by atoms with Crippen molar-refractivity contribution < 1.29 is 0 Å². The van der Waals surface area contributed by atoms with Crippen LogP contribution in [-0.4, -0.2) is 11.3 Å². The molecule has 0 aliphatic carbocycles. The standard InChI is InChI=1S/C62H40BN3/c1-3-19-41(20-4-1)50-35-43-23-7-9-25-45(43)37-58(50)65-56-33-17-13-29-52(56)63-53-30-14-18-34-57(53)66(59-38-46-26-10-8-24-44(46)36-51(59)42-21-5-2-6-22-42)61-40-47(39-60(65)62(61)63)64-54-31-15-11-27-48(54)49-28-12-16-32-55(49)64/h1-40H. The Labute approximate surface area is 383 Å². The SMILES string of the molecule is c1ccc(-c2cc3ccccc3cc2N2c3ccccc3B3c4ccccc4N(c4cc5ccccc5cc4-c4ccccc4)c4cc(-n5c6ccccc6c6ccccc65)cc2c43)cc1. The van der Waals surface area contributed by atoms with E-state index in [1.165, 1.54) is 105 Å². The van der Waals surface area contributed by atoms with Crippen LogP contribution in [0.1, 0.15) is 0 Å². The van der Waals surface area contributed by atoms with Crippen LogP contribution in [0.4, 0.5) is 34.1 Å². The Hall–Kier alpha value is -8.60. The molecule has 2 aliphatic heterocycles. The molecule has 2 aliphatic rings. The molecule has 12 aromatic rings. The molecule has 306 valence electrons. The number of fused-ring (bicyclic) bond motifs is 9. The minimum Gasteiger partial charge on any atom is -0.311 e. The second-order valence-electron chi connectivity index (χ2n) is 17.7. The summed E-state index contributed by atoms with van der Waals surface area (Å²) in [5.74, 6) is 0. The average Bonchev–Trinajstić information content (AvgIpc) is 3.72. The van der Waals surface area contributed by atoms with Crippen molar-refractivity contribution >= 4 is 101 Å². The van der Waals surface area contributed by atoms with E-state index in [9.17, 15) is 0 Å². The molecular weight excluding hydrogens is 798 g/mol. The van der Waals surface area contributed by atoms with E-state index in [2.05, 4.69) is 257 Å². The number of hydrogen-bond acceptors (Lipinski definition) is 2. The third-order valence-corrected chi connectivity index (χ3v) is 14.1. The summed E-state index contributed by atoms with van der Waals surface area (Å²) in [4.78, 5) is 5.17. The van der Waals surface area contributed by atoms with Gasteiger partial charge in [0.05, 0.1) is 28.1 Å². The fourth-order valence-electron chi connectivity index (χ4n) is 11.3. The lowest BCUT2D eigenvalue weighted by Gasteiger charge is -2.45. The highest BCUT2D eigenvalue weighted by Crippen LogP contribution is 2.50. The summed E-state index contributed by atoms with van der Waals surface area (Å²) in [6.45, 7) is -0.0247. The molecule has 0 spiro atoms. The zero-order valence-corrected chi connectivity index (χ0v) is 36.0. The Morgan fingerprint density at radius 2 is 0.667 bits per heavy atom. The number of para-hydroxylation sites is 4. The molecule has 11 aromatic carbocycles. The lowest BCUT2D eigenvalue weighted by Crippen LogP contribution is -2.61. The fourth-order valence-corrected chi connectivity index (χ4v) is 11.3. The molecule has 0 radical (unpaired) electrons. The first-order valence-corrected chi connectivity index (χ1v) is 22.9. The average molecular weight is 838 g/mol. The monoisotopic (exact) mass is 837 g/mol. The molecule has 3 nitrogen and oxygen atoms in total. The van der Waals surface area contributed by atoms with Gasteiger partial charge in [0.2, 0.25) is 0 Å². The van der Waals surface area contributed by atoms with Crippen molar-refractivity contribution in [3.8, 4) is 27.9 Å². The van der Waals surface area contributed by atoms with Gasteiger partial charge in [-0.15, -0.1) is 0 Å². The Balaban J connectivity index is 1.16. The van der Waals surface area contributed by atoms with Gasteiger partial charge in [-0.05, 0) is 110 Å². The van der Waals surface area contributed by atoms with E-state index in [-0.39, 0.29) is 6.71 Å². The summed E-state index contributed by atoms with van der Waals surface area (Å²) in [6, 6.07) is 90.0. The molecular formula is C62H40BN3. The highest BCUT2D eigenvalue weighted by molar-refractivity contribution is 7.00. The molecule has 0 saturated heterocycles. The molecule has 0 unspecified atom stereocenters. The second-order valence-corrected chi connectivity index (χ2v) is 17.7. The van der Waals surface area contributed by atoms with Crippen LogP contribution in [0, 0.1) is 0 Å². The van der Waals surface area contributed by atoms with Crippen LogP contribution in [0.3, 0.4) is 0 Å². The van der Waals surface area contributed by atoms with Gasteiger partial charge >= 0.3 is 0 Å². The van der Waals surface area contributed by atoms with Crippen LogP contribution in [-0.2, 0) is 0 Å². The van der Waals surface area contributed by atoms with Gasteiger partial charge < -0.3 is 14.4 Å². The summed E-state index contributed by atoms with van der Waals surface area (Å²) in [5, 5.41) is 7.32. The largest absolute Gasteiger partial charge is 0.311 e. The Morgan fingerprint density at radius 3 is 1.14 bits per heavy atom. The number of nitrogens with zero attached hydrogens (tertiary/aromatic N) is 3. The summed E-state index contributed by atoms with van der Waals surface area (Å²) in [7, 11) is 0. The van der Waals surface area contributed by atoms with E-state index < -0.39 is 0 Å². The van der Waals surface area contributed by atoms with Crippen LogP contribution in [0.25, 0.3) is 71.3 Å². The molecule has 4 heteroatoms. The van der Waals surface area contributed by atoms with E-state index >= 15 is 0 Å². The van der Waals surface area contributed by atoms with Crippen LogP contribution in [0.2, 0.25) is 0 Å². The van der Waals surface area contributed by atoms with Crippen molar-refractivity contribution in [3.05, 3.63) is 243 Å². The first-order valence-electron chi connectivity index (χ1n) is 22.9. The molecule has 0 fully saturated rings. The van der Waals surface area contributed by atoms with Crippen molar-refractivity contribution in [2.45, 2.75) is 0 Å². The highest BCUT2D eigenvalue weighted by atomic mass is 15.2. The summed E-state index contributed by atoms with van der Waals surface area (Å²) >= 11 is 0. The van der Waals surface area contributed by atoms with E-state index in [1.807, 2.05) is 0 Å². The molecule has 0 atom stereocenters. The summed E-state index contributed by atoms with van der Waals surface area (Å²) in [6.07, 6.45) is 0. The third-order valence-electron chi connectivity index (χ3n) is 14.1. The van der Waals surface area contributed by atoms with Crippen LogP contribution >= 0.6 is 0 Å². The lowest BCUT2D eigenvalue weighted by atomic mass is 9.33. The second kappa shape index (κ2) is 14.5. The van der Waals surface area contributed by atoms with Crippen molar-refractivity contribution in [3.63, 3.8) is 0 Å². The first-order chi connectivity index (χ1) is 32.8. The van der Waals surface area contributed by atoms with Crippen LogP contribution in [0.15, 0.2) is 243 Å². The molecule has 0 saturated carbocycles. The maximum Gasteiger partial charge on any atom is 0.252 e. The van der Waals surface area contributed by atoms with Gasteiger partial charge in [0.15, 0.2) is 0 Å². The van der Waals surface area contributed by atoms with Gasteiger partial charge in [0.25, 0.3) is 6.71 Å². The van der Waals surface area contributed by atoms with Crippen LogP contribution < -0.4 is 26.2 Å². The Morgan fingerprint density at radius 1 is 0.288 bits per heavy atom. The summed E-state index contributed by atoms with van der Waals surface area (Å²) in [5.41, 5.74) is 19.1. The molecule has 3 heterocycles. The molecule has 14 rings (SSSR count). The number of benzene rings is 11. The van der Waals surface area contributed by atoms with Crippen molar-refractivity contribution in [2.75, 3.05) is 9.80 Å². The van der Waals surface area contributed by atoms with Gasteiger partial charge in [0, 0.05) is 44.6 Å². The molecule has 1 aromatic heterocycles. The lowest BCUT2D eigenvalue weighted by molar-refractivity contribution is 1.16. The predicted octanol–water partition coefficient (Wildman–Crippen LogP) is 14.5. The maximum atomic E-state index is 2.58. The zero-order chi connectivity index (χ0) is 43.3. The van der Waals surface area contributed by atoms with E-state index in [4.69, 9.17) is 0 Å². The number of aromatic nitrogens is 1. The topological polar surface area (TPSA) is 11.4 Å². The molecule has 66 heavy (non-hydrogen) atoms. The van der Waals surface area contributed by atoms with Gasteiger partial charge in [-0.25, -0.2) is 0 Å². The maximum absolute atomic E-state index is 2.58. The van der Waals surface area contributed by atoms with Crippen molar-refractivity contribution in [1.29, 1.82) is 0 Å². The zero-order valence-electron chi connectivity index (χ0n) is 36.0. The smallest absolute Gasteiger partial charge is 0.252 e. The van der Waals surface area contributed by atoms with E-state index in [1.54, 1.807) is 0 Å². The highest BCUT2D eigenvalue weighted by Gasteiger charge is 2.44. The van der Waals surface area contributed by atoms with E-state index in [0.717, 1.165) is 17.1 Å². The molecule has 0 N–H and O–H groups in total. The van der Waals surface area contributed by atoms with Gasteiger partial charge in [-0.1, -0.05) is 182 Å². The molecule has 0 bridgehead atoms. The molecule has 0 amide bonds. The van der Waals surface area contributed by atoms with Crippen molar-refractivity contribution in [1.82, 2.24) is 4.57 Å². The van der Waals surface area contributed by atoms with E-state index in [0.29, 0.717) is 0 Å². The summed E-state index contributed by atoms with van der Waals surface area (Å²) < 4.78 is 2.49. The fraction of sp³-hybridized carbons (Fsp3) is 0. The Bertz CT molecular complexity index is 3660. The van der Waals surface area contributed by atoms with Gasteiger partial charge in [-0.2, -0.15) is 0 Å². The number of rotatable bonds is 5. The van der Waals surface area contributed by atoms with Crippen LogP contribution in [0.5, 0.6) is 0 Å². The predicted molar refractivity (Wildman–Crippen MR) is 281 cm³/mol. The van der Waals surface area contributed by atoms with Gasteiger partial charge in [-0.3, -0.25) is 0 Å². The minimum atomic E-state index is -0.0247. The number of anilines is 6. The van der Waals surface area contributed by atoms with Gasteiger partial charge in [0.1, 0.15) is 0 Å². The number of hydrogen-bond donors (Lipinski definition) is 0. The van der Waals surface area contributed by atoms with Crippen molar-refractivity contribution in [2.24, 2.45) is 0 Å². The Kier molecular flexibility index (Phi) is 8.08. The first kappa shape index (κ1) is 36.8. The third kappa shape index (κ3) is 5.45.